The minimum absolute atomic E-state index is 0.0374. The minimum atomic E-state index is 0.0374. The first-order valence-corrected chi connectivity index (χ1v) is 8.81. The number of piperazine rings is 1. The number of hydrogen-bond donors (Lipinski definition) is 1. The van der Waals surface area contributed by atoms with E-state index in [2.05, 4.69) is 26.4 Å². The van der Waals surface area contributed by atoms with Crippen LogP contribution in [0.5, 0.6) is 5.75 Å². The van der Waals surface area contributed by atoms with Gasteiger partial charge in [-0.15, -0.1) is 0 Å². The number of amides is 1. The lowest BCUT2D eigenvalue weighted by atomic mass is 9.88. The molecule has 2 aliphatic rings. The van der Waals surface area contributed by atoms with Crippen molar-refractivity contribution in [3.05, 3.63) is 35.7 Å². The van der Waals surface area contributed by atoms with E-state index in [1.807, 2.05) is 23.1 Å². The van der Waals surface area contributed by atoms with Crippen LogP contribution < -0.4 is 9.64 Å². The Bertz CT molecular complexity index is 751. The van der Waals surface area contributed by atoms with Gasteiger partial charge in [-0.1, -0.05) is 12.1 Å². The van der Waals surface area contributed by atoms with Crippen molar-refractivity contribution in [1.82, 2.24) is 20.3 Å². The predicted octanol–water partition coefficient (Wildman–Crippen LogP) is 1.27. The molecule has 1 unspecified atom stereocenters. The largest absolute Gasteiger partial charge is 0.495 e. The van der Waals surface area contributed by atoms with Crippen LogP contribution in [0.2, 0.25) is 0 Å². The maximum atomic E-state index is 12.9. The van der Waals surface area contributed by atoms with Gasteiger partial charge in [-0.25, -0.2) is 0 Å². The summed E-state index contributed by atoms with van der Waals surface area (Å²) in [5.41, 5.74) is 3.07. The third-order valence-corrected chi connectivity index (χ3v) is 5.24. The van der Waals surface area contributed by atoms with Crippen molar-refractivity contribution in [2.75, 3.05) is 38.2 Å². The lowest BCUT2D eigenvalue weighted by Crippen LogP contribution is -2.51. The summed E-state index contributed by atoms with van der Waals surface area (Å²) in [6.07, 6.45) is 2.41. The Morgan fingerprint density at radius 3 is 2.72 bits per heavy atom. The van der Waals surface area contributed by atoms with Crippen LogP contribution in [0.4, 0.5) is 5.69 Å². The highest BCUT2D eigenvalue weighted by Gasteiger charge is 2.32. The molecule has 1 aromatic heterocycles. The molecular weight excluding hydrogens is 318 g/mol. The summed E-state index contributed by atoms with van der Waals surface area (Å²) < 4.78 is 5.46. The fourth-order valence-corrected chi connectivity index (χ4v) is 3.81. The van der Waals surface area contributed by atoms with Gasteiger partial charge in [0.15, 0.2) is 0 Å². The monoisotopic (exact) mass is 341 g/mol. The normalized spacial score (nSPS) is 20.3. The first kappa shape index (κ1) is 15.9. The molecule has 0 radical (unpaired) electrons. The number of nitrogens with zero attached hydrogens (tertiary/aromatic N) is 4. The number of benzene rings is 1. The molecule has 1 aliphatic carbocycles. The second kappa shape index (κ2) is 6.74. The molecule has 1 N–H and O–H groups in total. The first-order chi connectivity index (χ1) is 12.3. The average Bonchev–Trinajstić information content (AvgIpc) is 3.15. The molecule has 0 saturated carbocycles. The number of fused-ring (bicyclic) bond motifs is 1. The van der Waals surface area contributed by atoms with E-state index in [-0.39, 0.29) is 11.8 Å². The molecular formula is C18H23N5O2. The number of ether oxygens (including phenoxy) is 1. The molecule has 0 bridgehead atoms. The zero-order chi connectivity index (χ0) is 17.2. The van der Waals surface area contributed by atoms with E-state index in [0.29, 0.717) is 6.42 Å². The Hall–Kier alpha value is -2.57. The molecule has 7 nitrogen and oxygen atoms in total. The van der Waals surface area contributed by atoms with Crippen molar-refractivity contribution in [2.24, 2.45) is 5.92 Å². The Balaban J connectivity index is 1.38. The maximum absolute atomic E-state index is 12.9. The summed E-state index contributed by atoms with van der Waals surface area (Å²) >= 11 is 0. The number of rotatable bonds is 3. The molecule has 4 rings (SSSR count). The van der Waals surface area contributed by atoms with Crippen molar-refractivity contribution in [2.45, 2.75) is 19.3 Å². The fraction of sp³-hybridized carbons (Fsp3) is 0.500. The van der Waals surface area contributed by atoms with E-state index in [0.717, 1.165) is 61.8 Å². The van der Waals surface area contributed by atoms with Crippen molar-refractivity contribution >= 4 is 11.6 Å². The lowest BCUT2D eigenvalue weighted by molar-refractivity contribution is -0.136. The summed E-state index contributed by atoms with van der Waals surface area (Å²) in [6.45, 7) is 3.15. The molecule has 2 aromatic rings. The zero-order valence-electron chi connectivity index (χ0n) is 14.4. The second-order valence-electron chi connectivity index (χ2n) is 6.64. The van der Waals surface area contributed by atoms with Gasteiger partial charge in [0.25, 0.3) is 0 Å². The van der Waals surface area contributed by atoms with Crippen LogP contribution in [-0.4, -0.2) is 59.5 Å². The quantitative estimate of drug-likeness (QED) is 0.910. The van der Waals surface area contributed by atoms with Gasteiger partial charge in [0.1, 0.15) is 5.75 Å². The highest BCUT2D eigenvalue weighted by Crippen LogP contribution is 2.29. The maximum Gasteiger partial charge on any atom is 0.226 e. The number of carbonyl (C=O) groups is 1. The zero-order valence-corrected chi connectivity index (χ0v) is 14.4. The summed E-state index contributed by atoms with van der Waals surface area (Å²) in [7, 11) is 1.69. The van der Waals surface area contributed by atoms with Crippen LogP contribution >= 0.6 is 0 Å². The number of carbonyl (C=O) groups excluding carboxylic acids is 1. The standard InChI is InChI=1S/C18H23N5O2/c1-25-17-5-3-2-4-16(17)22-8-10-23(11-9-22)18(24)13-6-7-14-15(12-13)20-21-19-14/h2-5,13H,6-12H2,1H3,(H,19,20,21). The van der Waals surface area contributed by atoms with Crippen LogP contribution in [0.3, 0.4) is 0 Å². The van der Waals surface area contributed by atoms with E-state index in [1.165, 1.54) is 0 Å². The third kappa shape index (κ3) is 3.06. The predicted molar refractivity (Wildman–Crippen MR) is 93.7 cm³/mol. The van der Waals surface area contributed by atoms with E-state index < -0.39 is 0 Å². The number of methoxy groups -OCH3 is 1. The number of nitrogens with one attached hydrogen (secondary N) is 1. The molecule has 2 heterocycles. The molecule has 1 saturated heterocycles. The smallest absolute Gasteiger partial charge is 0.226 e. The first-order valence-electron chi connectivity index (χ1n) is 8.81. The van der Waals surface area contributed by atoms with Gasteiger partial charge in [-0.3, -0.25) is 4.79 Å². The van der Waals surface area contributed by atoms with Crippen LogP contribution in [0.15, 0.2) is 24.3 Å². The fourth-order valence-electron chi connectivity index (χ4n) is 3.81. The van der Waals surface area contributed by atoms with Gasteiger partial charge < -0.3 is 14.5 Å². The topological polar surface area (TPSA) is 74.3 Å². The van der Waals surface area contributed by atoms with E-state index in [9.17, 15) is 4.79 Å². The Morgan fingerprint density at radius 2 is 1.92 bits per heavy atom. The van der Waals surface area contributed by atoms with Gasteiger partial charge in [0.2, 0.25) is 5.91 Å². The van der Waals surface area contributed by atoms with Gasteiger partial charge in [-0.2, -0.15) is 15.4 Å². The van der Waals surface area contributed by atoms with Gasteiger partial charge >= 0.3 is 0 Å². The Labute approximate surface area is 147 Å². The van der Waals surface area contributed by atoms with Crippen molar-refractivity contribution in [3.8, 4) is 5.75 Å². The number of para-hydroxylation sites is 2. The van der Waals surface area contributed by atoms with E-state index in [1.54, 1.807) is 7.11 Å². The molecule has 1 aliphatic heterocycles. The van der Waals surface area contributed by atoms with Crippen LogP contribution in [0.1, 0.15) is 17.8 Å². The van der Waals surface area contributed by atoms with Gasteiger partial charge in [0.05, 0.1) is 24.2 Å². The second-order valence-corrected chi connectivity index (χ2v) is 6.64. The molecule has 0 spiro atoms. The number of anilines is 1. The minimum Gasteiger partial charge on any atom is -0.495 e. The van der Waals surface area contributed by atoms with Crippen molar-refractivity contribution < 1.29 is 9.53 Å². The molecule has 1 amide bonds. The molecule has 1 aromatic carbocycles. The van der Waals surface area contributed by atoms with E-state index >= 15 is 0 Å². The number of hydrogen-bond acceptors (Lipinski definition) is 5. The van der Waals surface area contributed by atoms with Gasteiger partial charge in [0, 0.05) is 38.5 Å². The number of H-pyrrole nitrogens is 1. The summed E-state index contributed by atoms with van der Waals surface area (Å²) in [5, 5.41) is 11.0. The average molecular weight is 341 g/mol. The van der Waals surface area contributed by atoms with Gasteiger partial charge in [-0.05, 0) is 25.0 Å². The molecule has 1 fully saturated rings. The van der Waals surface area contributed by atoms with Crippen LogP contribution in [-0.2, 0) is 17.6 Å². The summed E-state index contributed by atoms with van der Waals surface area (Å²) in [4.78, 5) is 17.2. The number of aromatic nitrogens is 3. The lowest BCUT2D eigenvalue weighted by Gasteiger charge is -2.38. The number of aromatic amines is 1. The van der Waals surface area contributed by atoms with Crippen molar-refractivity contribution in [1.29, 1.82) is 0 Å². The SMILES string of the molecule is COc1ccccc1N1CCN(C(=O)C2CCc3n[nH]nc3C2)CC1. The Kier molecular flexibility index (Phi) is 4.29. The molecule has 25 heavy (non-hydrogen) atoms. The summed E-state index contributed by atoms with van der Waals surface area (Å²) in [5.74, 6) is 1.18. The van der Waals surface area contributed by atoms with E-state index in [4.69, 9.17) is 4.74 Å². The molecule has 7 heteroatoms. The van der Waals surface area contributed by atoms with Crippen molar-refractivity contribution in [3.63, 3.8) is 0 Å². The van der Waals surface area contributed by atoms with Crippen LogP contribution in [0.25, 0.3) is 0 Å². The highest BCUT2D eigenvalue weighted by molar-refractivity contribution is 5.79. The number of aryl methyl sites for hydroxylation is 1. The molecule has 132 valence electrons. The van der Waals surface area contributed by atoms with Crippen LogP contribution in [0, 0.1) is 5.92 Å². The Morgan fingerprint density at radius 1 is 1.16 bits per heavy atom. The molecule has 1 atom stereocenters. The third-order valence-electron chi connectivity index (χ3n) is 5.24. The summed E-state index contributed by atoms with van der Waals surface area (Å²) in [6, 6.07) is 8.05. The highest BCUT2D eigenvalue weighted by atomic mass is 16.5.